The normalized spacial score (nSPS) is 19.9. The number of hydrogen-bond acceptors (Lipinski definition) is 5. The van der Waals surface area contributed by atoms with Crippen molar-refractivity contribution in [2.75, 3.05) is 26.7 Å². The molecular formula is C15H16F2N4O. The maximum absolute atomic E-state index is 13.5. The van der Waals surface area contributed by atoms with Crippen molar-refractivity contribution in [2.24, 2.45) is 0 Å². The van der Waals surface area contributed by atoms with E-state index in [1.165, 1.54) is 30.4 Å². The van der Waals surface area contributed by atoms with Gasteiger partial charge in [0.1, 0.15) is 11.6 Å². The zero-order valence-electron chi connectivity index (χ0n) is 12.1. The highest BCUT2D eigenvalue weighted by Gasteiger charge is 2.24. The van der Waals surface area contributed by atoms with Gasteiger partial charge in [0.05, 0.1) is 6.04 Å². The average molecular weight is 306 g/mol. The van der Waals surface area contributed by atoms with Crippen LogP contribution in [-0.4, -0.2) is 41.7 Å². The SMILES string of the molecule is CN1CCNCC1c1noc(/C=C/c2c(F)cccc2F)n1. The number of piperazine rings is 1. The molecule has 1 aromatic heterocycles. The lowest BCUT2D eigenvalue weighted by Gasteiger charge is -2.30. The lowest BCUT2D eigenvalue weighted by molar-refractivity contribution is 0.190. The summed E-state index contributed by atoms with van der Waals surface area (Å²) in [6, 6.07) is 3.75. The van der Waals surface area contributed by atoms with Crippen molar-refractivity contribution in [3.05, 3.63) is 47.1 Å². The van der Waals surface area contributed by atoms with Crippen LogP contribution in [0.15, 0.2) is 22.7 Å². The van der Waals surface area contributed by atoms with E-state index in [2.05, 4.69) is 20.4 Å². The molecule has 1 N–H and O–H groups in total. The zero-order chi connectivity index (χ0) is 15.5. The summed E-state index contributed by atoms with van der Waals surface area (Å²) in [5.41, 5.74) is -0.126. The monoisotopic (exact) mass is 306 g/mol. The third kappa shape index (κ3) is 3.05. The van der Waals surface area contributed by atoms with E-state index in [4.69, 9.17) is 4.52 Å². The molecule has 1 saturated heterocycles. The Bertz CT molecular complexity index is 666. The molecule has 1 aliphatic rings. The highest BCUT2D eigenvalue weighted by molar-refractivity contribution is 5.66. The third-order valence-corrected chi connectivity index (χ3v) is 3.66. The molecule has 3 rings (SSSR count). The van der Waals surface area contributed by atoms with Crippen molar-refractivity contribution in [3.8, 4) is 0 Å². The lowest BCUT2D eigenvalue weighted by Crippen LogP contribution is -2.44. The van der Waals surface area contributed by atoms with E-state index in [-0.39, 0.29) is 17.5 Å². The molecule has 1 fully saturated rings. The van der Waals surface area contributed by atoms with Gasteiger partial charge in [0.25, 0.3) is 5.89 Å². The summed E-state index contributed by atoms with van der Waals surface area (Å²) in [7, 11) is 1.99. The summed E-state index contributed by atoms with van der Waals surface area (Å²) in [5, 5.41) is 7.21. The number of nitrogens with zero attached hydrogens (tertiary/aromatic N) is 3. The Morgan fingerprint density at radius 2 is 2.09 bits per heavy atom. The fourth-order valence-corrected chi connectivity index (χ4v) is 2.37. The molecule has 1 aliphatic heterocycles. The number of likely N-dealkylation sites (N-methyl/N-ethyl adjacent to an activating group) is 1. The number of rotatable bonds is 3. The minimum absolute atomic E-state index is 0.0323. The molecule has 0 spiro atoms. The van der Waals surface area contributed by atoms with Crippen LogP contribution in [0.1, 0.15) is 23.3 Å². The van der Waals surface area contributed by atoms with Gasteiger partial charge in [-0.3, -0.25) is 4.90 Å². The molecule has 22 heavy (non-hydrogen) atoms. The Balaban J connectivity index is 1.78. The first kappa shape index (κ1) is 14.8. The van der Waals surface area contributed by atoms with E-state index < -0.39 is 11.6 Å². The van der Waals surface area contributed by atoms with E-state index in [0.29, 0.717) is 5.82 Å². The van der Waals surface area contributed by atoms with Gasteiger partial charge in [-0.1, -0.05) is 11.2 Å². The van der Waals surface area contributed by atoms with Crippen molar-refractivity contribution in [1.82, 2.24) is 20.4 Å². The quantitative estimate of drug-likeness (QED) is 0.941. The molecule has 0 saturated carbocycles. The number of halogens is 2. The van der Waals surface area contributed by atoms with Crippen LogP contribution in [0.3, 0.4) is 0 Å². The second-order valence-corrected chi connectivity index (χ2v) is 5.16. The molecule has 1 atom stereocenters. The van der Waals surface area contributed by atoms with Gasteiger partial charge in [-0.2, -0.15) is 4.98 Å². The summed E-state index contributed by atoms with van der Waals surface area (Å²) in [4.78, 5) is 6.40. The van der Waals surface area contributed by atoms with E-state index in [0.717, 1.165) is 19.6 Å². The summed E-state index contributed by atoms with van der Waals surface area (Å²) in [5.74, 6) is -0.487. The first-order chi connectivity index (χ1) is 10.6. The highest BCUT2D eigenvalue weighted by Crippen LogP contribution is 2.19. The van der Waals surface area contributed by atoms with Crippen LogP contribution >= 0.6 is 0 Å². The number of benzene rings is 1. The van der Waals surface area contributed by atoms with Gasteiger partial charge in [-0.15, -0.1) is 0 Å². The van der Waals surface area contributed by atoms with Crippen molar-refractivity contribution in [1.29, 1.82) is 0 Å². The van der Waals surface area contributed by atoms with Crippen LogP contribution in [0.2, 0.25) is 0 Å². The lowest BCUT2D eigenvalue weighted by atomic mass is 10.2. The predicted octanol–water partition coefficient (Wildman–Crippen LogP) is 2.09. The first-order valence-electron chi connectivity index (χ1n) is 7.02. The average Bonchev–Trinajstić information content (AvgIpc) is 2.96. The molecule has 1 aromatic carbocycles. The number of nitrogens with one attached hydrogen (secondary N) is 1. The fourth-order valence-electron chi connectivity index (χ4n) is 2.37. The Hall–Kier alpha value is -2.12. The summed E-state index contributed by atoms with van der Waals surface area (Å²) in [6.07, 6.45) is 2.71. The molecule has 0 amide bonds. The molecule has 0 bridgehead atoms. The van der Waals surface area contributed by atoms with E-state index >= 15 is 0 Å². The maximum atomic E-state index is 13.5. The van der Waals surface area contributed by atoms with Crippen LogP contribution in [0, 0.1) is 11.6 Å². The van der Waals surface area contributed by atoms with Gasteiger partial charge in [0, 0.05) is 31.3 Å². The Labute approximate surface area is 126 Å². The van der Waals surface area contributed by atoms with Crippen molar-refractivity contribution in [3.63, 3.8) is 0 Å². The molecule has 7 heteroatoms. The smallest absolute Gasteiger partial charge is 0.250 e. The van der Waals surface area contributed by atoms with Gasteiger partial charge in [-0.25, -0.2) is 8.78 Å². The number of aromatic nitrogens is 2. The molecule has 0 aliphatic carbocycles. The minimum Gasteiger partial charge on any atom is -0.335 e. The maximum Gasteiger partial charge on any atom is 0.250 e. The standard InChI is InChI=1S/C15H16F2N4O/c1-21-8-7-18-9-13(21)15-19-14(22-20-15)6-5-10-11(16)3-2-4-12(10)17/h2-6,13,18H,7-9H2,1H3/b6-5+. The highest BCUT2D eigenvalue weighted by atomic mass is 19.1. The zero-order valence-corrected chi connectivity index (χ0v) is 12.1. The summed E-state index contributed by atoms with van der Waals surface area (Å²) >= 11 is 0. The van der Waals surface area contributed by atoms with Crippen molar-refractivity contribution >= 4 is 12.2 Å². The predicted molar refractivity (Wildman–Crippen MR) is 77.8 cm³/mol. The Morgan fingerprint density at radius 1 is 1.32 bits per heavy atom. The third-order valence-electron chi connectivity index (χ3n) is 3.66. The van der Waals surface area contributed by atoms with Gasteiger partial charge in [-0.05, 0) is 25.3 Å². The Morgan fingerprint density at radius 3 is 2.82 bits per heavy atom. The van der Waals surface area contributed by atoms with Gasteiger partial charge in [0.15, 0.2) is 5.82 Å². The second-order valence-electron chi connectivity index (χ2n) is 5.16. The van der Waals surface area contributed by atoms with E-state index in [9.17, 15) is 8.78 Å². The van der Waals surface area contributed by atoms with E-state index in [1.54, 1.807) is 0 Å². The van der Waals surface area contributed by atoms with Gasteiger partial charge < -0.3 is 9.84 Å². The molecule has 2 aromatic rings. The van der Waals surface area contributed by atoms with Crippen LogP contribution in [-0.2, 0) is 0 Å². The molecule has 1 unspecified atom stereocenters. The molecule has 116 valence electrons. The molecule has 5 nitrogen and oxygen atoms in total. The van der Waals surface area contributed by atoms with Gasteiger partial charge >= 0.3 is 0 Å². The van der Waals surface area contributed by atoms with Crippen LogP contribution in [0.5, 0.6) is 0 Å². The van der Waals surface area contributed by atoms with Crippen molar-refractivity contribution in [2.45, 2.75) is 6.04 Å². The van der Waals surface area contributed by atoms with Crippen molar-refractivity contribution < 1.29 is 13.3 Å². The molecule has 2 heterocycles. The van der Waals surface area contributed by atoms with Crippen LogP contribution < -0.4 is 5.32 Å². The molecular weight excluding hydrogens is 290 g/mol. The fraction of sp³-hybridized carbons (Fsp3) is 0.333. The number of hydrogen-bond donors (Lipinski definition) is 1. The summed E-state index contributed by atoms with van der Waals surface area (Å²) in [6.45, 7) is 2.55. The van der Waals surface area contributed by atoms with Crippen LogP contribution in [0.25, 0.3) is 12.2 Å². The molecule has 0 radical (unpaired) electrons. The second kappa shape index (κ2) is 6.33. The van der Waals surface area contributed by atoms with Crippen LogP contribution in [0.4, 0.5) is 8.78 Å². The largest absolute Gasteiger partial charge is 0.335 e. The van der Waals surface area contributed by atoms with Gasteiger partial charge in [0.2, 0.25) is 0 Å². The topological polar surface area (TPSA) is 54.2 Å². The summed E-state index contributed by atoms with van der Waals surface area (Å²) < 4.78 is 32.2. The Kier molecular flexibility index (Phi) is 4.26. The minimum atomic E-state index is -0.632. The van der Waals surface area contributed by atoms with E-state index in [1.807, 2.05) is 7.05 Å². The first-order valence-corrected chi connectivity index (χ1v) is 7.02.